The summed E-state index contributed by atoms with van der Waals surface area (Å²) in [5.41, 5.74) is 3.46. The lowest BCUT2D eigenvalue weighted by Gasteiger charge is -2.21. The highest BCUT2D eigenvalue weighted by Gasteiger charge is 2.11. The molecule has 0 aliphatic carbocycles. The van der Waals surface area contributed by atoms with Crippen molar-refractivity contribution in [1.29, 1.82) is 0 Å². The van der Waals surface area contributed by atoms with Crippen LogP contribution in [0.5, 0.6) is 5.75 Å². The van der Waals surface area contributed by atoms with Gasteiger partial charge in [0.15, 0.2) is 0 Å². The number of methoxy groups -OCH3 is 1. The van der Waals surface area contributed by atoms with Crippen LogP contribution in [0.15, 0.2) is 42.5 Å². The molecule has 0 aromatic heterocycles. The van der Waals surface area contributed by atoms with Gasteiger partial charge in [0.05, 0.1) is 12.3 Å². The Morgan fingerprint density at radius 2 is 1.73 bits per heavy atom. The van der Waals surface area contributed by atoms with Crippen LogP contribution in [0.1, 0.15) is 29.8 Å². The first-order chi connectivity index (χ1) is 12.6. The summed E-state index contributed by atoms with van der Waals surface area (Å²) in [5, 5.41) is 2.94. The van der Waals surface area contributed by atoms with Crippen molar-refractivity contribution in [3.8, 4) is 5.75 Å². The molecule has 0 heterocycles. The zero-order valence-corrected chi connectivity index (χ0v) is 16.0. The van der Waals surface area contributed by atoms with Crippen molar-refractivity contribution in [2.24, 2.45) is 0 Å². The van der Waals surface area contributed by atoms with Crippen LogP contribution in [0.2, 0.25) is 0 Å². The second-order valence-electron chi connectivity index (χ2n) is 6.01. The highest BCUT2D eigenvalue weighted by Crippen LogP contribution is 2.26. The predicted molar refractivity (Wildman–Crippen MR) is 107 cm³/mol. The predicted octanol–water partition coefficient (Wildman–Crippen LogP) is 4.12. The lowest BCUT2D eigenvalue weighted by molar-refractivity contribution is 0.102. The quantitative estimate of drug-likeness (QED) is 0.687. The van der Waals surface area contributed by atoms with Gasteiger partial charge in [-0.2, -0.15) is 0 Å². The molecule has 0 radical (unpaired) electrons. The third kappa shape index (κ3) is 5.23. The van der Waals surface area contributed by atoms with E-state index in [9.17, 15) is 4.79 Å². The van der Waals surface area contributed by atoms with Gasteiger partial charge in [0.25, 0.3) is 5.91 Å². The Kier molecular flexibility index (Phi) is 7.48. The lowest BCUT2D eigenvalue weighted by Crippen LogP contribution is -2.22. The molecule has 0 spiro atoms. The van der Waals surface area contributed by atoms with Crippen molar-refractivity contribution in [2.45, 2.75) is 20.8 Å². The monoisotopic (exact) mass is 356 g/mol. The Hall–Kier alpha value is -2.53. The van der Waals surface area contributed by atoms with E-state index in [1.54, 1.807) is 7.11 Å². The largest absolute Gasteiger partial charge is 0.489 e. The zero-order valence-electron chi connectivity index (χ0n) is 16.0. The fraction of sp³-hybridized carbons (Fsp3) is 0.381. The second kappa shape index (κ2) is 9.82. The average molecular weight is 356 g/mol. The summed E-state index contributed by atoms with van der Waals surface area (Å²) in [6.07, 6.45) is 0. The molecule has 1 N–H and O–H groups in total. The van der Waals surface area contributed by atoms with Crippen LogP contribution < -0.4 is 15.0 Å². The van der Waals surface area contributed by atoms with Crippen molar-refractivity contribution < 1.29 is 14.3 Å². The molecule has 0 saturated heterocycles. The minimum absolute atomic E-state index is 0.156. The fourth-order valence-electron chi connectivity index (χ4n) is 2.69. The van der Waals surface area contributed by atoms with E-state index in [0.717, 1.165) is 24.3 Å². The van der Waals surface area contributed by atoms with Crippen molar-refractivity contribution in [2.75, 3.05) is 43.6 Å². The molecule has 0 atom stereocenters. The molecule has 0 aliphatic heterocycles. The van der Waals surface area contributed by atoms with E-state index in [0.29, 0.717) is 30.2 Å². The molecule has 0 fully saturated rings. The topological polar surface area (TPSA) is 50.8 Å². The minimum atomic E-state index is -0.156. The van der Waals surface area contributed by atoms with Crippen LogP contribution in [0.3, 0.4) is 0 Å². The third-order valence-corrected chi connectivity index (χ3v) is 4.19. The number of benzene rings is 2. The molecule has 5 heteroatoms. The van der Waals surface area contributed by atoms with Gasteiger partial charge in [-0.3, -0.25) is 4.79 Å². The van der Waals surface area contributed by atoms with E-state index in [1.165, 1.54) is 0 Å². The highest BCUT2D eigenvalue weighted by molar-refractivity contribution is 6.05. The molecule has 5 nitrogen and oxygen atoms in total. The number of ether oxygens (including phenoxy) is 2. The molecule has 1 amide bonds. The normalized spacial score (nSPS) is 10.5. The molecule has 0 aliphatic rings. The molecule has 26 heavy (non-hydrogen) atoms. The molecular weight excluding hydrogens is 328 g/mol. The summed E-state index contributed by atoms with van der Waals surface area (Å²) in [6, 6.07) is 13.4. The van der Waals surface area contributed by atoms with Crippen molar-refractivity contribution in [3.63, 3.8) is 0 Å². The van der Waals surface area contributed by atoms with Gasteiger partial charge in [0, 0.05) is 31.5 Å². The van der Waals surface area contributed by atoms with Gasteiger partial charge < -0.3 is 19.7 Å². The molecular formula is C21H28N2O3. The first kappa shape index (κ1) is 19.8. The van der Waals surface area contributed by atoms with Gasteiger partial charge in [-0.25, -0.2) is 0 Å². The summed E-state index contributed by atoms with van der Waals surface area (Å²) < 4.78 is 10.7. The minimum Gasteiger partial charge on any atom is -0.489 e. The summed E-state index contributed by atoms with van der Waals surface area (Å²) in [4.78, 5) is 14.8. The maximum absolute atomic E-state index is 12.6. The number of aryl methyl sites for hydroxylation is 1. The van der Waals surface area contributed by atoms with Crippen LogP contribution >= 0.6 is 0 Å². The Bertz CT molecular complexity index is 710. The number of carbonyl (C=O) groups excluding carboxylic acids is 1. The number of amides is 1. The van der Waals surface area contributed by atoms with E-state index < -0.39 is 0 Å². The highest BCUT2D eigenvalue weighted by atomic mass is 16.5. The van der Waals surface area contributed by atoms with Gasteiger partial charge in [-0.05, 0) is 62.7 Å². The Labute approximate surface area is 155 Å². The summed E-state index contributed by atoms with van der Waals surface area (Å²) in [5.74, 6) is 0.492. The van der Waals surface area contributed by atoms with Crippen molar-refractivity contribution in [1.82, 2.24) is 0 Å². The number of nitrogens with zero attached hydrogens (tertiary/aromatic N) is 1. The fourth-order valence-corrected chi connectivity index (χ4v) is 2.69. The van der Waals surface area contributed by atoms with E-state index in [4.69, 9.17) is 9.47 Å². The third-order valence-electron chi connectivity index (χ3n) is 4.19. The molecule has 0 bridgehead atoms. The summed E-state index contributed by atoms with van der Waals surface area (Å²) in [7, 11) is 1.63. The van der Waals surface area contributed by atoms with E-state index in [1.807, 2.05) is 49.4 Å². The summed E-state index contributed by atoms with van der Waals surface area (Å²) in [6.45, 7) is 9.02. The standard InChI is InChI=1S/C21H28N2O3/c1-5-23(6-2)18-10-8-17(9-11-18)21(24)22-19-12-7-16(3)15-20(19)26-14-13-25-4/h7-12,15H,5-6,13-14H2,1-4H3,(H,22,24). The number of nitrogens with one attached hydrogen (secondary N) is 1. The van der Waals surface area contributed by atoms with Gasteiger partial charge >= 0.3 is 0 Å². The maximum Gasteiger partial charge on any atom is 0.255 e. The number of hydrogen-bond acceptors (Lipinski definition) is 4. The number of rotatable bonds is 9. The number of carbonyl (C=O) groups is 1. The van der Waals surface area contributed by atoms with E-state index >= 15 is 0 Å². The molecule has 2 aromatic carbocycles. The lowest BCUT2D eigenvalue weighted by atomic mass is 10.1. The van der Waals surface area contributed by atoms with Crippen molar-refractivity contribution >= 4 is 17.3 Å². The average Bonchev–Trinajstić information content (AvgIpc) is 2.65. The van der Waals surface area contributed by atoms with Crippen LogP contribution in [-0.2, 0) is 4.74 Å². The van der Waals surface area contributed by atoms with E-state index in [-0.39, 0.29) is 5.91 Å². The van der Waals surface area contributed by atoms with Crippen LogP contribution in [-0.4, -0.2) is 39.3 Å². The van der Waals surface area contributed by atoms with Crippen LogP contribution in [0.25, 0.3) is 0 Å². The Balaban J connectivity index is 2.11. The molecule has 2 rings (SSSR count). The Morgan fingerprint density at radius 1 is 1.04 bits per heavy atom. The van der Waals surface area contributed by atoms with Crippen molar-refractivity contribution in [3.05, 3.63) is 53.6 Å². The van der Waals surface area contributed by atoms with Gasteiger partial charge in [-0.15, -0.1) is 0 Å². The zero-order chi connectivity index (χ0) is 18.9. The summed E-state index contributed by atoms with van der Waals surface area (Å²) >= 11 is 0. The van der Waals surface area contributed by atoms with Gasteiger partial charge in [-0.1, -0.05) is 6.07 Å². The molecule has 0 unspecified atom stereocenters. The first-order valence-electron chi connectivity index (χ1n) is 8.97. The van der Waals surface area contributed by atoms with Crippen LogP contribution in [0, 0.1) is 6.92 Å². The smallest absolute Gasteiger partial charge is 0.255 e. The first-order valence-corrected chi connectivity index (χ1v) is 8.97. The molecule has 140 valence electrons. The second-order valence-corrected chi connectivity index (χ2v) is 6.01. The van der Waals surface area contributed by atoms with Gasteiger partial charge in [0.2, 0.25) is 0 Å². The number of anilines is 2. The van der Waals surface area contributed by atoms with Gasteiger partial charge in [0.1, 0.15) is 12.4 Å². The van der Waals surface area contributed by atoms with Crippen LogP contribution in [0.4, 0.5) is 11.4 Å². The maximum atomic E-state index is 12.6. The Morgan fingerprint density at radius 3 is 2.35 bits per heavy atom. The molecule has 2 aromatic rings. The SMILES string of the molecule is CCN(CC)c1ccc(C(=O)Nc2ccc(C)cc2OCCOC)cc1. The number of hydrogen-bond donors (Lipinski definition) is 1. The molecule has 0 saturated carbocycles. The van der Waals surface area contributed by atoms with E-state index in [2.05, 4.69) is 24.1 Å².